The quantitative estimate of drug-likeness (QED) is 0.839. The van der Waals surface area contributed by atoms with Gasteiger partial charge in [-0.15, -0.1) is 11.3 Å². The largest absolute Gasteiger partial charge is 0.344 e. The van der Waals surface area contributed by atoms with E-state index < -0.39 is 0 Å². The van der Waals surface area contributed by atoms with E-state index in [0.29, 0.717) is 13.0 Å². The first-order chi connectivity index (χ1) is 13.5. The molecule has 1 N–H and O–H groups in total. The minimum atomic E-state index is -0.384. The van der Waals surface area contributed by atoms with Crippen LogP contribution in [0.2, 0.25) is 0 Å². The average Bonchev–Trinajstić information content (AvgIpc) is 3.27. The lowest BCUT2D eigenvalue weighted by Crippen LogP contribution is -2.41. The van der Waals surface area contributed by atoms with Crippen LogP contribution >= 0.6 is 11.3 Å². The Morgan fingerprint density at radius 1 is 1.36 bits per heavy atom. The van der Waals surface area contributed by atoms with Gasteiger partial charge >= 0.3 is 0 Å². The second kappa shape index (κ2) is 8.01. The zero-order chi connectivity index (χ0) is 19.7. The van der Waals surface area contributed by atoms with Crippen LogP contribution in [0.5, 0.6) is 0 Å². The second-order valence-corrected chi connectivity index (χ2v) is 8.56. The van der Waals surface area contributed by atoms with E-state index >= 15 is 0 Å². The van der Waals surface area contributed by atoms with E-state index in [2.05, 4.69) is 34.3 Å². The first-order valence-electron chi connectivity index (χ1n) is 9.86. The van der Waals surface area contributed by atoms with E-state index in [4.69, 9.17) is 0 Å². The normalized spacial score (nSPS) is 19.7. The van der Waals surface area contributed by atoms with Crippen molar-refractivity contribution in [3.63, 3.8) is 0 Å². The molecule has 1 unspecified atom stereocenters. The molecule has 1 saturated heterocycles. The smallest absolute Gasteiger partial charge is 0.253 e. The number of rotatable bonds is 5. The van der Waals surface area contributed by atoms with Crippen molar-refractivity contribution >= 4 is 23.2 Å². The summed E-state index contributed by atoms with van der Waals surface area (Å²) in [7, 11) is 1.78. The predicted octanol–water partition coefficient (Wildman–Crippen LogP) is 2.22. The van der Waals surface area contributed by atoms with Crippen LogP contribution in [0.15, 0.2) is 23.7 Å². The predicted molar refractivity (Wildman–Crippen MR) is 109 cm³/mol. The standard InChI is InChI=1S/C21H26N4O2S/c1-3-14-4-5-15(22-10-14)11-25-9-6-16-17(13-28-19(16)12-25)20(26)23-18-7-8-24(2)21(18)27/h4-5,10,13,18H,3,6-9,11-12H2,1-2H3,(H,23,26). The highest BCUT2D eigenvalue weighted by Crippen LogP contribution is 2.29. The summed E-state index contributed by atoms with van der Waals surface area (Å²) in [5.41, 5.74) is 4.23. The summed E-state index contributed by atoms with van der Waals surface area (Å²) in [6, 6.07) is 3.87. The Hall–Kier alpha value is -2.25. The number of aromatic nitrogens is 1. The number of carbonyl (C=O) groups is 2. The molecule has 2 aromatic rings. The van der Waals surface area contributed by atoms with Crippen LogP contribution in [0.4, 0.5) is 0 Å². The minimum absolute atomic E-state index is 0.00483. The Kier molecular flexibility index (Phi) is 5.46. The Morgan fingerprint density at radius 2 is 2.21 bits per heavy atom. The van der Waals surface area contributed by atoms with Gasteiger partial charge in [0.05, 0.1) is 11.3 Å². The van der Waals surface area contributed by atoms with Gasteiger partial charge in [-0.05, 0) is 36.5 Å². The molecule has 6 nitrogen and oxygen atoms in total. The summed E-state index contributed by atoms with van der Waals surface area (Å²) in [4.78, 5) is 34.6. The van der Waals surface area contributed by atoms with E-state index in [1.165, 1.54) is 10.4 Å². The molecule has 0 bridgehead atoms. The minimum Gasteiger partial charge on any atom is -0.344 e. The number of hydrogen-bond acceptors (Lipinski definition) is 5. The van der Waals surface area contributed by atoms with Crippen LogP contribution in [-0.4, -0.2) is 52.8 Å². The number of fused-ring (bicyclic) bond motifs is 1. The van der Waals surface area contributed by atoms with Crippen molar-refractivity contribution in [3.8, 4) is 0 Å². The number of pyridine rings is 1. The van der Waals surface area contributed by atoms with Crippen LogP contribution in [0.3, 0.4) is 0 Å². The van der Waals surface area contributed by atoms with E-state index in [9.17, 15) is 9.59 Å². The van der Waals surface area contributed by atoms with Gasteiger partial charge in [0, 0.05) is 49.7 Å². The highest BCUT2D eigenvalue weighted by atomic mass is 32.1. The first-order valence-corrected chi connectivity index (χ1v) is 10.7. The second-order valence-electron chi connectivity index (χ2n) is 7.60. The zero-order valence-electron chi connectivity index (χ0n) is 16.4. The van der Waals surface area contributed by atoms with E-state index in [0.717, 1.165) is 49.3 Å². The van der Waals surface area contributed by atoms with Gasteiger partial charge in [0.2, 0.25) is 5.91 Å². The van der Waals surface area contributed by atoms with Crippen molar-refractivity contribution in [2.24, 2.45) is 0 Å². The number of hydrogen-bond donors (Lipinski definition) is 1. The average molecular weight is 399 g/mol. The molecule has 0 aliphatic carbocycles. The number of aryl methyl sites for hydroxylation is 1. The van der Waals surface area contributed by atoms with Crippen molar-refractivity contribution in [1.82, 2.24) is 20.1 Å². The lowest BCUT2D eigenvalue weighted by Gasteiger charge is -2.27. The fourth-order valence-corrected chi connectivity index (χ4v) is 5.01. The molecule has 0 aromatic carbocycles. The third-order valence-electron chi connectivity index (χ3n) is 5.68. The van der Waals surface area contributed by atoms with Gasteiger partial charge in [-0.3, -0.25) is 19.5 Å². The molecule has 2 aliphatic heterocycles. The number of amides is 2. The van der Waals surface area contributed by atoms with Gasteiger partial charge < -0.3 is 10.2 Å². The Balaban J connectivity index is 1.40. The summed E-state index contributed by atoms with van der Waals surface area (Å²) in [5.74, 6) is -0.110. The summed E-state index contributed by atoms with van der Waals surface area (Å²) in [5, 5.41) is 4.87. The molecule has 2 amide bonds. The fraction of sp³-hybridized carbons (Fsp3) is 0.476. The molecule has 28 heavy (non-hydrogen) atoms. The highest BCUT2D eigenvalue weighted by molar-refractivity contribution is 7.10. The van der Waals surface area contributed by atoms with Crippen LogP contribution in [0, 0.1) is 0 Å². The van der Waals surface area contributed by atoms with Crippen LogP contribution in [0.25, 0.3) is 0 Å². The first kappa shape index (κ1) is 19.1. The summed E-state index contributed by atoms with van der Waals surface area (Å²) >= 11 is 1.64. The maximum Gasteiger partial charge on any atom is 0.253 e. The van der Waals surface area contributed by atoms with Crippen molar-refractivity contribution in [1.29, 1.82) is 0 Å². The molecule has 148 valence electrons. The number of nitrogens with zero attached hydrogens (tertiary/aromatic N) is 3. The van der Waals surface area contributed by atoms with E-state index in [1.807, 2.05) is 11.6 Å². The maximum atomic E-state index is 12.7. The summed E-state index contributed by atoms with van der Waals surface area (Å²) in [6.45, 7) is 5.41. The van der Waals surface area contributed by atoms with Crippen LogP contribution < -0.4 is 5.32 Å². The number of nitrogens with one attached hydrogen (secondary N) is 1. The molecule has 7 heteroatoms. The van der Waals surface area contributed by atoms with Gasteiger partial charge in [0.25, 0.3) is 5.91 Å². The zero-order valence-corrected chi connectivity index (χ0v) is 17.2. The molecule has 1 atom stereocenters. The van der Waals surface area contributed by atoms with Crippen molar-refractivity contribution < 1.29 is 9.59 Å². The lowest BCUT2D eigenvalue weighted by molar-refractivity contribution is -0.128. The SMILES string of the molecule is CCc1ccc(CN2CCc3c(C(=O)NC4CCN(C)C4=O)csc3C2)nc1. The van der Waals surface area contributed by atoms with Gasteiger partial charge in [-0.1, -0.05) is 13.0 Å². The molecular formula is C21H26N4O2S. The number of thiophene rings is 1. The molecule has 1 fully saturated rings. The number of likely N-dealkylation sites (tertiary alicyclic amines) is 1. The Labute approximate surface area is 169 Å². The van der Waals surface area contributed by atoms with E-state index in [-0.39, 0.29) is 17.9 Å². The van der Waals surface area contributed by atoms with Crippen LogP contribution in [-0.2, 0) is 30.7 Å². The molecule has 4 heterocycles. The lowest BCUT2D eigenvalue weighted by atomic mass is 10.0. The van der Waals surface area contributed by atoms with Gasteiger partial charge in [-0.25, -0.2) is 0 Å². The number of likely N-dealkylation sites (N-methyl/N-ethyl adjacent to an activating group) is 1. The molecule has 0 radical (unpaired) electrons. The molecule has 2 aliphatic rings. The molecular weight excluding hydrogens is 372 g/mol. The van der Waals surface area contributed by atoms with Crippen molar-refractivity contribution in [2.45, 2.75) is 45.3 Å². The van der Waals surface area contributed by atoms with Crippen molar-refractivity contribution in [2.75, 3.05) is 20.1 Å². The highest BCUT2D eigenvalue weighted by Gasteiger charge is 2.32. The fourth-order valence-electron chi connectivity index (χ4n) is 3.89. The summed E-state index contributed by atoms with van der Waals surface area (Å²) < 4.78 is 0. The van der Waals surface area contributed by atoms with Crippen LogP contribution in [0.1, 0.15) is 45.4 Å². The van der Waals surface area contributed by atoms with Gasteiger partial charge in [-0.2, -0.15) is 0 Å². The maximum absolute atomic E-state index is 12.7. The Bertz CT molecular complexity index is 877. The summed E-state index contributed by atoms with van der Waals surface area (Å²) in [6.07, 6.45) is 4.50. The molecule has 0 spiro atoms. The molecule has 4 rings (SSSR count). The van der Waals surface area contributed by atoms with E-state index in [1.54, 1.807) is 23.3 Å². The molecule has 2 aromatic heterocycles. The monoisotopic (exact) mass is 398 g/mol. The van der Waals surface area contributed by atoms with Gasteiger partial charge in [0.1, 0.15) is 6.04 Å². The number of carbonyl (C=O) groups excluding carboxylic acids is 2. The third-order valence-corrected chi connectivity index (χ3v) is 6.70. The topological polar surface area (TPSA) is 65.5 Å². The van der Waals surface area contributed by atoms with Crippen molar-refractivity contribution in [3.05, 3.63) is 51.0 Å². The Morgan fingerprint density at radius 3 is 2.89 bits per heavy atom. The molecule has 0 saturated carbocycles. The van der Waals surface area contributed by atoms with Gasteiger partial charge in [0.15, 0.2) is 0 Å². The third kappa shape index (κ3) is 3.82.